The first-order valence-electron chi connectivity index (χ1n) is 21.7. The number of morpholine rings is 1. The zero-order valence-electron chi connectivity index (χ0n) is 34.6. The van der Waals surface area contributed by atoms with Crippen molar-refractivity contribution in [3.8, 4) is 0 Å². The van der Waals surface area contributed by atoms with E-state index in [0.717, 1.165) is 100 Å². The Labute approximate surface area is 351 Å². The highest BCUT2D eigenvalue weighted by molar-refractivity contribution is 6.08. The molecular weight excluding hydrogens is 787 g/mol. The number of piperidine rings is 2. The second kappa shape index (κ2) is 16.2. The van der Waals surface area contributed by atoms with E-state index in [2.05, 4.69) is 60.8 Å². The molecule has 1 aliphatic carbocycles. The van der Waals surface area contributed by atoms with Gasteiger partial charge < -0.3 is 19.9 Å². The summed E-state index contributed by atoms with van der Waals surface area (Å²) >= 11 is 0. The lowest BCUT2D eigenvalue weighted by molar-refractivity contribution is -0.135. The molecule has 10 rings (SSSR count). The lowest BCUT2D eigenvalue weighted by atomic mass is 9.85. The van der Waals surface area contributed by atoms with Crippen LogP contribution in [0.15, 0.2) is 42.9 Å². The van der Waals surface area contributed by atoms with E-state index in [1.165, 1.54) is 16.3 Å². The van der Waals surface area contributed by atoms with Crippen molar-refractivity contribution in [2.24, 2.45) is 5.92 Å². The monoisotopic (exact) mass is 838 g/mol. The molecule has 16 nitrogen and oxygen atoms in total. The van der Waals surface area contributed by atoms with Gasteiger partial charge in [0.2, 0.25) is 5.91 Å². The zero-order chi connectivity index (χ0) is 41.9. The van der Waals surface area contributed by atoms with Crippen LogP contribution in [0.5, 0.6) is 0 Å². The quantitative estimate of drug-likeness (QED) is 0.171. The van der Waals surface area contributed by atoms with Crippen molar-refractivity contribution in [3.05, 3.63) is 65.4 Å². The highest BCUT2D eigenvalue weighted by Crippen LogP contribution is 2.37. The molecule has 0 spiro atoms. The normalized spacial score (nSPS) is 25.1. The van der Waals surface area contributed by atoms with Crippen LogP contribution in [0.25, 0.3) is 16.6 Å². The van der Waals surface area contributed by atoms with E-state index in [0.29, 0.717) is 37.1 Å². The van der Waals surface area contributed by atoms with E-state index >= 15 is 0 Å². The largest absolute Gasteiger partial charge is 0.374 e. The van der Waals surface area contributed by atoms with Crippen molar-refractivity contribution in [1.29, 1.82) is 0 Å². The summed E-state index contributed by atoms with van der Waals surface area (Å²) in [5.74, 6) is 0.165. The van der Waals surface area contributed by atoms with Crippen LogP contribution >= 0.6 is 0 Å². The number of rotatable bonds is 11. The van der Waals surface area contributed by atoms with Gasteiger partial charge >= 0.3 is 0 Å². The number of carbonyl (C=O) groups is 3. The standard InChI is InChI=1S/C43H52F2N12O4/c1-25-32-17-27(5-8-35(32)57(50-25)36-9-10-38(58)49-43(36)60)21-53-14-11-28(12-15-53)52(2)20-26-3-6-29(7-4-26)56-23-34(39(51-56)40(44)45)47-42(59)33-19-46-55-16-13-37(48-41(33)55)54-22-31-18-30(54)24-61-31/h5,8,13,16-17,19,23,26,28-31,36,40H,3-4,6-7,9-12,14-15,18,20-22,24H2,1-2H3,(H,47,59)(H,49,58,60)/t26?,29?,30-,31-,36?/m1/s1. The molecule has 4 saturated heterocycles. The number of benzene rings is 1. The third-order valence-electron chi connectivity index (χ3n) is 13.8. The smallest absolute Gasteiger partial charge is 0.284 e. The Morgan fingerprint density at radius 2 is 1.87 bits per heavy atom. The van der Waals surface area contributed by atoms with Gasteiger partial charge in [-0.3, -0.25) is 34.0 Å². The van der Waals surface area contributed by atoms with Crippen LogP contribution in [0, 0.1) is 12.8 Å². The van der Waals surface area contributed by atoms with Gasteiger partial charge in [-0.05, 0) is 108 Å². The predicted molar refractivity (Wildman–Crippen MR) is 221 cm³/mol. The molecule has 5 aromatic rings. The second-order valence-electron chi connectivity index (χ2n) is 17.7. The minimum absolute atomic E-state index is 0.00858. The topological polar surface area (TPSA) is 160 Å². The summed E-state index contributed by atoms with van der Waals surface area (Å²) < 4.78 is 39.3. The molecule has 1 aromatic carbocycles. The highest BCUT2D eigenvalue weighted by Gasteiger charge is 2.40. The SMILES string of the molecule is Cc1nn(C2CCC(=O)NC2=O)c2ccc(CN3CCC(N(C)CC4CCC(n5cc(NC(=O)c6cnn7ccc(N8C[C@H]9C[C@@H]8CO9)nc67)c(C(F)F)n5)CC4)CC3)cc12. The van der Waals surface area contributed by atoms with E-state index in [-0.39, 0.29) is 41.3 Å². The van der Waals surface area contributed by atoms with Crippen molar-refractivity contribution in [2.45, 2.75) is 108 Å². The highest BCUT2D eigenvalue weighted by atomic mass is 19.3. The maximum atomic E-state index is 14.3. The Morgan fingerprint density at radius 1 is 1.05 bits per heavy atom. The number of amides is 3. The number of nitrogens with zero attached hydrogens (tertiary/aromatic N) is 10. The van der Waals surface area contributed by atoms with Crippen LogP contribution in [-0.2, 0) is 20.9 Å². The van der Waals surface area contributed by atoms with Crippen LogP contribution < -0.4 is 15.5 Å². The Morgan fingerprint density at radius 3 is 2.61 bits per heavy atom. The lowest BCUT2D eigenvalue weighted by Crippen LogP contribution is -2.44. The number of hydrogen-bond acceptors (Lipinski definition) is 11. The molecule has 1 saturated carbocycles. The Kier molecular flexibility index (Phi) is 10.5. The average Bonchev–Trinajstić information content (AvgIpc) is 4.11. The molecule has 322 valence electrons. The number of fused-ring (bicyclic) bond motifs is 4. The molecule has 61 heavy (non-hydrogen) atoms. The number of alkyl halides is 2. The number of carbonyl (C=O) groups excluding carboxylic acids is 3. The Balaban J connectivity index is 0.711. The fourth-order valence-electron chi connectivity index (χ4n) is 10.4. The first-order valence-corrected chi connectivity index (χ1v) is 21.7. The summed E-state index contributed by atoms with van der Waals surface area (Å²) in [5, 5.41) is 19.5. The summed E-state index contributed by atoms with van der Waals surface area (Å²) in [6, 6.07) is 8.48. The third-order valence-corrected chi connectivity index (χ3v) is 13.8. The summed E-state index contributed by atoms with van der Waals surface area (Å²) in [5.41, 5.74) is 3.14. The molecule has 8 heterocycles. The van der Waals surface area contributed by atoms with Gasteiger partial charge in [0.1, 0.15) is 17.4 Å². The van der Waals surface area contributed by atoms with E-state index < -0.39 is 24.1 Å². The van der Waals surface area contributed by atoms with Gasteiger partial charge in [-0.25, -0.2) is 18.3 Å². The van der Waals surface area contributed by atoms with Crippen LogP contribution in [-0.4, -0.2) is 120 Å². The third kappa shape index (κ3) is 7.77. The van der Waals surface area contributed by atoms with Crippen LogP contribution in [0.3, 0.4) is 0 Å². The number of halogens is 2. The molecule has 5 aliphatic rings. The van der Waals surface area contributed by atoms with Gasteiger partial charge in [-0.15, -0.1) is 0 Å². The summed E-state index contributed by atoms with van der Waals surface area (Å²) in [7, 11) is 2.23. The number of imide groups is 1. The molecule has 3 amide bonds. The van der Waals surface area contributed by atoms with E-state index in [9.17, 15) is 23.2 Å². The molecule has 4 aliphatic heterocycles. The van der Waals surface area contributed by atoms with Crippen molar-refractivity contribution in [2.75, 3.05) is 50.1 Å². The Bertz CT molecular complexity index is 2470. The minimum atomic E-state index is -2.85. The molecule has 2 bridgehead atoms. The van der Waals surface area contributed by atoms with E-state index in [4.69, 9.17) is 14.8 Å². The lowest BCUT2D eigenvalue weighted by Gasteiger charge is -2.39. The fourth-order valence-corrected chi connectivity index (χ4v) is 10.4. The Hall–Kier alpha value is -5.33. The zero-order valence-corrected chi connectivity index (χ0v) is 34.6. The van der Waals surface area contributed by atoms with Crippen molar-refractivity contribution in [1.82, 2.24) is 49.3 Å². The molecule has 5 fully saturated rings. The molecule has 1 unspecified atom stereocenters. The molecule has 3 atom stereocenters. The molecule has 0 radical (unpaired) electrons. The second-order valence-corrected chi connectivity index (χ2v) is 17.7. The van der Waals surface area contributed by atoms with Crippen LogP contribution in [0.1, 0.15) is 104 Å². The number of likely N-dealkylation sites (tertiary alicyclic amines) is 1. The predicted octanol–water partition coefficient (Wildman–Crippen LogP) is 5.06. The fraction of sp³-hybridized carbons (Fsp3) is 0.558. The number of ether oxygens (including phenoxy) is 1. The van der Waals surface area contributed by atoms with E-state index in [1.807, 2.05) is 13.0 Å². The van der Waals surface area contributed by atoms with Crippen LogP contribution in [0.4, 0.5) is 20.3 Å². The number of nitrogens with one attached hydrogen (secondary N) is 2. The number of hydrogen-bond donors (Lipinski definition) is 2. The van der Waals surface area contributed by atoms with Gasteiger partial charge in [0, 0.05) is 49.9 Å². The van der Waals surface area contributed by atoms with E-state index in [1.54, 1.807) is 21.8 Å². The maximum absolute atomic E-state index is 14.3. The molecule has 4 aromatic heterocycles. The van der Waals surface area contributed by atoms with Gasteiger partial charge in [-0.2, -0.15) is 15.3 Å². The first-order chi connectivity index (χ1) is 29.5. The van der Waals surface area contributed by atoms with Crippen LogP contribution in [0.2, 0.25) is 0 Å². The number of aromatic nitrogens is 7. The van der Waals surface area contributed by atoms with Crippen molar-refractivity contribution >= 4 is 45.8 Å². The van der Waals surface area contributed by atoms with Gasteiger partial charge in [-0.1, -0.05) is 6.07 Å². The van der Waals surface area contributed by atoms with Gasteiger partial charge in [0.15, 0.2) is 11.3 Å². The number of anilines is 2. The first kappa shape index (κ1) is 39.8. The number of aryl methyl sites for hydroxylation is 1. The average molecular weight is 839 g/mol. The maximum Gasteiger partial charge on any atom is 0.284 e. The summed E-state index contributed by atoms with van der Waals surface area (Å²) in [6.07, 6.45) is 9.57. The minimum Gasteiger partial charge on any atom is -0.374 e. The molecular formula is C43H52F2N12O4. The molecule has 2 N–H and O–H groups in total. The molecule has 18 heteroatoms. The van der Waals surface area contributed by atoms with Gasteiger partial charge in [0.05, 0.1) is 47.9 Å². The summed E-state index contributed by atoms with van der Waals surface area (Å²) in [4.78, 5) is 49.8. The summed E-state index contributed by atoms with van der Waals surface area (Å²) in [6.45, 7) is 7.21. The van der Waals surface area contributed by atoms with Crippen molar-refractivity contribution < 1.29 is 27.9 Å². The van der Waals surface area contributed by atoms with Crippen molar-refractivity contribution in [3.63, 3.8) is 0 Å². The van der Waals surface area contributed by atoms with Gasteiger partial charge in [0.25, 0.3) is 18.2 Å².